The van der Waals surface area contributed by atoms with E-state index in [9.17, 15) is 18.0 Å². The average Bonchev–Trinajstić information content (AvgIpc) is 2.92. The normalized spacial score (nSPS) is 23.0. The molecule has 7 heteroatoms. The van der Waals surface area contributed by atoms with Crippen molar-refractivity contribution in [3.8, 4) is 0 Å². The van der Waals surface area contributed by atoms with Crippen molar-refractivity contribution >= 4 is 22.3 Å². The average molecular weight is 311 g/mol. The van der Waals surface area contributed by atoms with Crippen LogP contribution in [0.3, 0.4) is 0 Å². The van der Waals surface area contributed by atoms with Gasteiger partial charge in [0.15, 0.2) is 11.8 Å². The van der Waals surface area contributed by atoms with Gasteiger partial charge in [-0.1, -0.05) is 17.7 Å². The van der Waals surface area contributed by atoms with E-state index in [0.29, 0.717) is 12.7 Å². The van der Waals surface area contributed by atoms with Crippen LogP contribution in [-0.2, 0) is 24.3 Å². The number of hydrogen-bond acceptors (Lipinski definition) is 5. The van der Waals surface area contributed by atoms with Crippen LogP contribution in [0.5, 0.6) is 0 Å². The standard InChI is InChI=1S/C14H17NO5S/c1-11-4-6-12(7-5-11)21(18,19)15-9-3-8-14(15,10-16)13(17)20-2/h4-7,10H,3,8-9H2,1-2H3. The summed E-state index contributed by atoms with van der Waals surface area (Å²) in [6.45, 7) is 1.96. The van der Waals surface area contributed by atoms with E-state index in [-0.39, 0.29) is 17.9 Å². The molecule has 1 heterocycles. The van der Waals surface area contributed by atoms with Crippen LogP contribution in [-0.4, -0.2) is 44.2 Å². The van der Waals surface area contributed by atoms with Crippen molar-refractivity contribution in [3.63, 3.8) is 0 Å². The second kappa shape index (κ2) is 5.57. The fraction of sp³-hybridized carbons (Fsp3) is 0.429. The fourth-order valence-corrected chi connectivity index (χ4v) is 4.28. The minimum Gasteiger partial charge on any atom is -0.467 e. The molecule has 2 rings (SSSR count). The Labute approximate surface area is 123 Å². The lowest BCUT2D eigenvalue weighted by Gasteiger charge is -2.30. The Kier molecular flexibility index (Phi) is 4.15. The molecular formula is C14H17NO5S. The van der Waals surface area contributed by atoms with Gasteiger partial charge in [-0.25, -0.2) is 13.2 Å². The number of rotatable bonds is 4. The van der Waals surface area contributed by atoms with Crippen LogP contribution < -0.4 is 0 Å². The van der Waals surface area contributed by atoms with Crippen molar-refractivity contribution in [2.45, 2.75) is 30.2 Å². The molecule has 1 aromatic rings. The van der Waals surface area contributed by atoms with Crippen LogP contribution in [0.15, 0.2) is 29.2 Å². The number of carbonyl (C=O) groups excluding carboxylic acids is 2. The molecule has 1 aliphatic rings. The van der Waals surface area contributed by atoms with Crippen LogP contribution >= 0.6 is 0 Å². The maximum Gasteiger partial charge on any atom is 0.334 e. The van der Waals surface area contributed by atoms with E-state index in [4.69, 9.17) is 0 Å². The van der Waals surface area contributed by atoms with Crippen molar-refractivity contribution in [1.29, 1.82) is 0 Å². The Hall–Kier alpha value is -1.73. The number of carbonyl (C=O) groups is 2. The molecule has 0 aliphatic carbocycles. The van der Waals surface area contributed by atoms with E-state index in [1.54, 1.807) is 12.1 Å². The van der Waals surface area contributed by atoms with Gasteiger partial charge >= 0.3 is 5.97 Å². The summed E-state index contributed by atoms with van der Waals surface area (Å²) in [5.74, 6) is -0.842. The predicted octanol–water partition coefficient (Wildman–Crippen LogP) is 0.890. The third-order valence-corrected chi connectivity index (χ3v) is 5.66. The summed E-state index contributed by atoms with van der Waals surface area (Å²) in [7, 11) is -2.79. The Morgan fingerprint density at radius 3 is 2.48 bits per heavy atom. The molecular weight excluding hydrogens is 294 g/mol. The number of nitrogens with zero attached hydrogens (tertiary/aromatic N) is 1. The van der Waals surface area contributed by atoms with Crippen molar-refractivity contribution in [3.05, 3.63) is 29.8 Å². The number of aryl methyl sites for hydroxylation is 1. The summed E-state index contributed by atoms with van der Waals surface area (Å²) in [6.07, 6.45) is 0.935. The second-order valence-electron chi connectivity index (χ2n) is 5.03. The van der Waals surface area contributed by atoms with E-state index >= 15 is 0 Å². The zero-order valence-corrected chi connectivity index (χ0v) is 12.7. The highest BCUT2D eigenvalue weighted by Crippen LogP contribution is 2.34. The van der Waals surface area contributed by atoms with E-state index < -0.39 is 21.5 Å². The SMILES string of the molecule is COC(=O)C1(C=O)CCCN1S(=O)(=O)c1ccc(C)cc1. The molecule has 0 bridgehead atoms. The monoisotopic (exact) mass is 311 g/mol. The number of ether oxygens (including phenoxy) is 1. The van der Waals surface area contributed by atoms with E-state index in [2.05, 4.69) is 4.74 Å². The van der Waals surface area contributed by atoms with Gasteiger partial charge in [0, 0.05) is 6.54 Å². The van der Waals surface area contributed by atoms with Gasteiger partial charge in [-0.05, 0) is 31.9 Å². The highest BCUT2D eigenvalue weighted by atomic mass is 32.2. The van der Waals surface area contributed by atoms with E-state index in [0.717, 1.165) is 17.0 Å². The van der Waals surface area contributed by atoms with E-state index in [1.165, 1.54) is 12.1 Å². The number of hydrogen-bond donors (Lipinski definition) is 0. The van der Waals surface area contributed by atoms with Crippen LogP contribution in [0, 0.1) is 6.92 Å². The Morgan fingerprint density at radius 2 is 1.95 bits per heavy atom. The van der Waals surface area contributed by atoms with Gasteiger partial charge in [-0.2, -0.15) is 4.31 Å². The predicted molar refractivity (Wildman–Crippen MR) is 75.1 cm³/mol. The molecule has 1 aliphatic heterocycles. The minimum atomic E-state index is -3.93. The second-order valence-corrected chi connectivity index (χ2v) is 6.89. The molecule has 1 aromatic carbocycles. The van der Waals surface area contributed by atoms with Crippen LogP contribution in [0.1, 0.15) is 18.4 Å². The summed E-state index contributed by atoms with van der Waals surface area (Å²) in [5.41, 5.74) is -0.830. The van der Waals surface area contributed by atoms with Crippen molar-refractivity contribution in [2.24, 2.45) is 0 Å². The minimum absolute atomic E-state index is 0.0603. The molecule has 6 nitrogen and oxygen atoms in total. The lowest BCUT2D eigenvalue weighted by molar-refractivity contribution is -0.152. The Balaban J connectivity index is 2.50. The molecule has 0 saturated carbocycles. The number of sulfonamides is 1. The molecule has 0 radical (unpaired) electrons. The molecule has 114 valence electrons. The van der Waals surface area contributed by atoms with E-state index in [1.807, 2.05) is 6.92 Å². The number of methoxy groups -OCH3 is 1. The molecule has 21 heavy (non-hydrogen) atoms. The van der Waals surface area contributed by atoms with Crippen molar-refractivity contribution in [2.75, 3.05) is 13.7 Å². The van der Waals surface area contributed by atoms with Gasteiger partial charge < -0.3 is 9.53 Å². The number of esters is 1. The fourth-order valence-electron chi connectivity index (χ4n) is 2.53. The third kappa shape index (κ3) is 2.47. The first-order chi connectivity index (χ1) is 9.88. The first-order valence-electron chi connectivity index (χ1n) is 6.53. The van der Waals surface area contributed by atoms with Crippen LogP contribution in [0.25, 0.3) is 0 Å². The Morgan fingerprint density at radius 1 is 1.33 bits per heavy atom. The molecule has 0 spiro atoms. The van der Waals surface area contributed by atoms with Crippen molar-refractivity contribution < 1.29 is 22.7 Å². The topological polar surface area (TPSA) is 80.8 Å². The highest BCUT2D eigenvalue weighted by molar-refractivity contribution is 7.89. The highest BCUT2D eigenvalue weighted by Gasteiger charge is 2.54. The molecule has 1 atom stereocenters. The summed E-state index contributed by atoms with van der Waals surface area (Å²) in [5, 5.41) is 0. The number of benzene rings is 1. The third-order valence-electron chi connectivity index (χ3n) is 3.71. The van der Waals surface area contributed by atoms with Crippen LogP contribution in [0.2, 0.25) is 0 Å². The molecule has 0 N–H and O–H groups in total. The quantitative estimate of drug-likeness (QED) is 0.469. The lowest BCUT2D eigenvalue weighted by atomic mass is 10.0. The summed E-state index contributed by atoms with van der Waals surface area (Å²) in [6, 6.07) is 6.28. The lowest BCUT2D eigenvalue weighted by Crippen LogP contribution is -2.54. The summed E-state index contributed by atoms with van der Waals surface area (Å²) in [4.78, 5) is 23.5. The molecule has 0 aromatic heterocycles. The smallest absolute Gasteiger partial charge is 0.334 e. The largest absolute Gasteiger partial charge is 0.467 e. The van der Waals surface area contributed by atoms with Gasteiger partial charge in [-0.15, -0.1) is 0 Å². The Bertz CT molecular complexity index is 652. The van der Waals surface area contributed by atoms with Gasteiger partial charge in [0.1, 0.15) is 0 Å². The molecule has 1 fully saturated rings. The van der Waals surface area contributed by atoms with Gasteiger partial charge in [-0.3, -0.25) is 0 Å². The molecule has 1 saturated heterocycles. The number of aldehydes is 1. The first-order valence-corrected chi connectivity index (χ1v) is 7.97. The molecule has 0 amide bonds. The van der Waals surface area contributed by atoms with Crippen molar-refractivity contribution in [1.82, 2.24) is 4.31 Å². The first kappa shape index (κ1) is 15.7. The molecule has 1 unspecified atom stereocenters. The van der Waals surface area contributed by atoms with Crippen LogP contribution in [0.4, 0.5) is 0 Å². The maximum atomic E-state index is 12.7. The van der Waals surface area contributed by atoms with Gasteiger partial charge in [0.2, 0.25) is 10.0 Å². The zero-order valence-electron chi connectivity index (χ0n) is 11.9. The van der Waals surface area contributed by atoms with Gasteiger partial charge in [0.05, 0.1) is 12.0 Å². The maximum absolute atomic E-state index is 12.7. The summed E-state index contributed by atoms with van der Waals surface area (Å²) >= 11 is 0. The van der Waals surface area contributed by atoms with Gasteiger partial charge in [0.25, 0.3) is 0 Å². The zero-order chi connectivity index (χ0) is 15.7. The summed E-state index contributed by atoms with van der Waals surface area (Å²) < 4.78 is 31.0.